The quantitative estimate of drug-likeness (QED) is 0.247. The molecule has 0 saturated carbocycles. The molecular weight excluding hydrogens is 276 g/mol. The Morgan fingerprint density at radius 1 is 1.27 bits per heavy atom. The van der Waals surface area contributed by atoms with Crippen molar-refractivity contribution in [3.8, 4) is 0 Å². The van der Waals surface area contributed by atoms with Crippen molar-refractivity contribution in [3.63, 3.8) is 0 Å². The monoisotopic (exact) mass is 304 g/mol. The highest BCUT2D eigenvalue weighted by atomic mass is 15.4. The molecule has 0 fully saturated rings. The van der Waals surface area contributed by atoms with E-state index in [1.807, 2.05) is 39.0 Å². The molecule has 1 aromatic carbocycles. The number of rotatable bonds is 8. The minimum absolute atomic E-state index is 0.984. The number of nitrogens with one attached hydrogen (secondary N) is 3. The van der Waals surface area contributed by atoms with Gasteiger partial charge in [0.1, 0.15) is 12.4 Å². The zero-order valence-corrected chi connectivity index (χ0v) is 14.0. The molecule has 0 aliphatic heterocycles. The largest absolute Gasteiger partial charge is 0.476 e. The second-order valence-electron chi connectivity index (χ2n) is 5.58. The number of hydrogen-bond acceptors (Lipinski definition) is 3. The number of nitrogens with zero attached hydrogens (tertiary/aromatic N) is 2. The zero-order chi connectivity index (χ0) is 15.9. The van der Waals surface area contributed by atoms with Crippen LogP contribution < -0.4 is 26.1 Å². The number of aryl methyl sites for hydroxylation is 3. The Kier molecular flexibility index (Phi) is 5.80. The standard InChI is InChI=1S/C16H26N6/c1-13-12-14(18-9-5-8-17-2)6-7-15(13)19-20-16-21(3)10-11-22(16)4/h6-7,10-12,17-19H,5,8-9H2,1-4H3/p+2. The molecule has 0 radical (unpaired) electrons. The molecule has 1 heterocycles. The zero-order valence-electron chi connectivity index (χ0n) is 14.0. The van der Waals surface area contributed by atoms with Crippen LogP contribution in [0, 0.1) is 6.92 Å². The van der Waals surface area contributed by atoms with Gasteiger partial charge in [-0.05, 0) is 50.7 Å². The molecule has 2 rings (SSSR count). The first-order chi connectivity index (χ1) is 10.6. The first-order valence-corrected chi connectivity index (χ1v) is 7.71. The lowest BCUT2D eigenvalue weighted by molar-refractivity contribution is -0.753. The Morgan fingerprint density at radius 3 is 2.73 bits per heavy atom. The van der Waals surface area contributed by atoms with Crippen LogP contribution in [0.5, 0.6) is 0 Å². The summed E-state index contributed by atoms with van der Waals surface area (Å²) in [4.78, 5) is 0. The van der Waals surface area contributed by atoms with Gasteiger partial charge in [-0.3, -0.25) is 0 Å². The highest BCUT2D eigenvalue weighted by molar-refractivity contribution is 5.58. The van der Waals surface area contributed by atoms with Crippen LogP contribution in [0.15, 0.2) is 30.6 Å². The molecule has 0 aliphatic carbocycles. The predicted molar refractivity (Wildman–Crippen MR) is 90.0 cm³/mol. The maximum atomic E-state index is 3.45. The van der Waals surface area contributed by atoms with E-state index in [1.165, 1.54) is 11.3 Å². The van der Waals surface area contributed by atoms with Gasteiger partial charge in [-0.2, -0.15) is 9.13 Å². The summed E-state index contributed by atoms with van der Waals surface area (Å²) in [5, 5.41) is 6.60. The lowest BCUT2D eigenvalue weighted by Crippen LogP contribution is -2.86. The number of nitrogens with two attached hydrogens (primary N) is 1. The van der Waals surface area contributed by atoms with Gasteiger partial charge in [-0.25, -0.2) is 5.43 Å². The van der Waals surface area contributed by atoms with E-state index in [0.29, 0.717) is 0 Å². The number of benzene rings is 1. The van der Waals surface area contributed by atoms with Gasteiger partial charge >= 0.3 is 5.95 Å². The third kappa shape index (κ3) is 4.22. The van der Waals surface area contributed by atoms with Crippen LogP contribution in [0.2, 0.25) is 0 Å². The summed E-state index contributed by atoms with van der Waals surface area (Å²) in [6.07, 6.45) is 5.20. The van der Waals surface area contributed by atoms with Gasteiger partial charge in [0, 0.05) is 12.2 Å². The lowest BCUT2D eigenvalue weighted by atomic mass is 10.2. The number of hydrogen-bond donors (Lipinski definition) is 4. The summed E-state index contributed by atoms with van der Waals surface area (Å²) in [5.74, 6) is 1.12. The summed E-state index contributed by atoms with van der Waals surface area (Å²) in [6, 6.07) is 6.42. The van der Waals surface area contributed by atoms with Crippen LogP contribution in [0.25, 0.3) is 0 Å². The molecule has 2 aromatic rings. The molecule has 0 amide bonds. The van der Waals surface area contributed by atoms with Crippen molar-refractivity contribution in [2.24, 2.45) is 14.1 Å². The Hall–Kier alpha value is -2.05. The maximum Gasteiger partial charge on any atom is 0.476 e. The predicted octanol–water partition coefficient (Wildman–Crippen LogP) is 0.401. The topological polar surface area (TPSA) is 61.5 Å². The van der Waals surface area contributed by atoms with Crippen molar-refractivity contribution in [3.05, 3.63) is 36.2 Å². The second-order valence-corrected chi connectivity index (χ2v) is 5.58. The van der Waals surface area contributed by atoms with Gasteiger partial charge in [0.15, 0.2) is 0 Å². The van der Waals surface area contributed by atoms with Gasteiger partial charge in [0.25, 0.3) is 0 Å². The van der Waals surface area contributed by atoms with E-state index in [4.69, 9.17) is 0 Å². The lowest BCUT2D eigenvalue weighted by Gasteiger charge is -2.10. The highest BCUT2D eigenvalue weighted by Crippen LogP contribution is 2.18. The fourth-order valence-electron chi connectivity index (χ4n) is 2.38. The van der Waals surface area contributed by atoms with Crippen molar-refractivity contribution in [1.82, 2.24) is 9.88 Å². The average Bonchev–Trinajstić information content (AvgIpc) is 2.82. The Morgan fingerprint density at radius 2 is 2.09 bits per heavy atom. The van der Waals surface area contributed by atoms with Gasteiger partial charge in [0.2, 0.25) is 0 Å². The molecule has 0 unspecified atom stereocenters. The minimum Gasteiger partial charge on any atom is -0.385 e. The van der Waals surface area contributed by atoms with Gasteiger partial charge < -0.3 is 10.6 Å². The summed E-state index contributed by atoms with van der Waals surface area (Å²) in [5.41, 5.74) is 8.95. The highest BCUT2D eigenvalue weighted by Gasteiger charge is 2.15. The van der Waals surface area contributed by atoms with E-state index >= 15 is 0 Å². The molecule has 1 aromatic heterocycles. The van der Waals surface area contributed by atoms with Crippen LogP contribution in [-0.2, 0) is 14.1 Å². The molecule has 6 nitrogen and oxygen atoms in total. The van der Waals surface area contributed by atoms with Crippen molar-refractivity contribution in [2.75, 3.05) is 30.9 Å². The molecule has 0 saturated heterocycles. The first kappa shape index (κ1) is 16.3. The van der Waals surface area contributed by atoms with Gasteiger partial charge in [0.05, 0.1) is 19.8 Å². The first-order valence-electron chi connectivity index (χ1n) is 7.71. The smallest absolute Gasteiger partial charge is 0.385 e. The van der Waals surface area contributed by atoms with Crippen LogP contribution in [0.1, 0.15) is 12.0 Å². The van der Waals surface area contributed by atoms with Crippen LogP contribution in [0.3, 0.4) is 0 Å². The number of aromatic nitrogens is 2. The average molecular weight is 304 g/mol. The summed E-state index contributed by atoms with van der Waals surface area (Å²) < 4.78 is 4.17. The van der Waals surface area contributed by atoms with E-state index in [0.717, 1.165) is 31.1 Å². The number of quaternary nitrogens is 1. The Labute approximate surface area is 132 Å². The molecule has 6 heteroatoms. The number of imidazole rings is 1. The number of nitrogen functional groups attached to an aromatic ring is 1. The van der Waals surface area contributed by atoms with E-state index in [1.54, 1.807) is 0 Å². The van der Waals surface area contributed by atoms with Crippen molar-refractivity contribution in [1.29, 1.82) is 0 Å². The van der Waals surface area contributed by atoms with E-state index < -0.39 is 0 Å². The van der Waals surface area contributed by atoms with E-state index in [9.17, 15) is 0 Å². The molecule has 22 heavy (non-hydrogen) atoms. The molecule has 0 atom stereocenters. The fraction of sp³-hybridized carbons (Fsp3) is 0.438. The fourth-order valence-corrected chi connectivity index (χ4v) is 2.38. The van der Waals surface area contributed by atoms with Crippen LogP contribution >= 0.6 is 0 Å². The van der Waals surface area contributed by atoms with Gasteiger partial charge in [-0.15, -0.1) is 5.43 Å². The Balaban J connectivity index is 1.92. The van der Waals surface area contributed by atoms with Crippen molar-refractivity contribution in [2.45, 2.75) is 13.3 Å². The molecule has 0 aliphatic rings. The third-order valence-electron chi connectivity index (χ3n) is 3.75. The van der Waals surface area contributed by atoms with Crippen molar-refractivity contribution < 1.29 is 9.99 Å². The molecule has 0 bridgehead atoms. The van der Waals surface area contributed by atoms with Crippen LogP contribution in [-0.4, -0.2) is 24.7 Å². The molecule has 0 spiro atoms. The summed E-state index contributed by atoms with van der Waals surface area (Å²) in [6.45, 7) is 4.15. The summed E-state index contributed by atoms with van der Waals surface area (Å²) >= 11 is 0. The molecular formula is C16H28N6+2. The van der Waals surface area contributed by atoms with E-state index in [2.05, 4.69) is 50.3 Å². The summed E-state index contributed by atoms with van der Waals surface area (Å²) in [7, 11) is 6.06. The van der Waals surface area contributed by atoms with Crippen molar-refractivity contribution >= 4 is 17.3 Å². The minimum atomic E-state index is 0.984. The SMILES string of the molecule is CNCCCNc1ccc(N[NH2+]c2n(C)cc[n+]2C)c(C)c1. The van der Waals surface area contributed by atoms with Gasteiger partial charge in [-0.1, -0.05) is 0 Å². The Bertz CT molecular complexity index is 585. The molecule has 120 valence electrons. The number of anilines is 2. The third-order valence-corrected chi connectivity index (χ3v) is 3.75. The molecule has 5 N–H and O–H groups in total. The normalized spacial score (nSPS) is 10.7. The maximum absolute atomic E-state index is 3.45. The van der Waals surface area contributed by atoms with E-state index in [-0.39, 0.29) is 0 Å². The van der Waals surface area contributed by atoms with Crippen LogP contribution in [0.4, 0.5) is 17.3 Å². The second kappa shape index (κ2) is 7.82.